The van der Waals surface area contributed by atoms with Gasteiger partial charge < -0.3 is 4.42 Å². The number of rotatable bonds is 2. The lowest BCUT2D eigenvalue weighted by atomic mass is 10.3. The van der Waals surface area contributed by atoms with Gasteiger partial charge in [0.15, 0.2) is 4.67 Å². The van der Waals surface area contributed by atoms with E-state index in [1.807, 2.05) is 0 Å². The third-order valence-corrected chi connectivity index (χ3v) is 4.69. The van der Waals surface area contributed by atoms with Crippen LogP contribution in [0.1, 0.15) is 18.1 Å². The second-order valence-electron chi connectivity index (χ2n) is 3.03. The summed E-state index contributed by atoms with van der Waals surface area (Å²) in [5.74, 6) is 2.50. The fourth-order valence-corrected chi connectivity index (χ4v) is 2.64. The molecule has 1 heterocycles. The van der Waals surface area contributed by atoms with Gasteiger partial charge in [-0.1, -0.05) is 15.9 Å². The lowest BCUT2D eigenvalue weighted by Gasteiger charge is -1.89. The molecule has 2 atom stereocenters. The van der Waals surface area contributed by atoms with Crippen LogP contribution in [0.15, 0.2) is 19.6 Å². The van der Waals surface area contributed by atoms with E-state index in [-0.39, 0.29) is 0 Å². The van der Waals surface area contributed by atoms with Gasteiger partial charge >= 0.3 is 0 Å². The summed E-state index contributed by atoms with van der Waals surface area (Å²) in [6, 6.07) is 2.05. The van der Waals surface area contributed by atoms with Crippen LogP contribution in [0.2, 0.25) is 0 Å². The maximum atomic E-state index is 5.52. The molecule has 1 fully saturated rings. The highest BCUT2D eigenvalue weighted by molar-refractivity contribution is 9.13. The third kappa shape index (κ3) is 1.66. The molecule has 1 aliphatic carbocycles. The number of hydrogen-bond donors (Lipinski definition) is 0. The van der Waals surface area contributed by atoms with Crippen LogP contribution in [0.25, 0.3) is 0 Å². The summed E-state index contributed by atoms with van der Waals surface area (Å²) in [5, 5.41) is 1.08. The van der Waals surface area contributed by atoms with E-state index in [0.717, 1.165) is 26.2 Å². The molecule has 1 nitrogen and oxygen atoms in total. The van der Waals surface area contributed by atoms with Crippen molar-refractivity contribution in [2.45, 2.75) is 12.3 Å². The second kappa shape index (κ2) is 3.46. The molecule has 0 spiro atoms. The molecule has 1 aromatic rings. The van der Waals surface area contributed by atoms with Crippen molar-refractivity contribution in [3.8, 4) is 0 Å². The zero-order chi connectivity index (χ0) is 8.72. The van der Waals surface area contributed by atoms with Gasteiger partial charge in [-0.25, -0.2) is 0 Å². The molecular weight excluding hydrogens is 352 g/mol. The van der Waals surface area contributed by atoms with Crippen molar-refractivity contribution in [2.75, 3.05) is 5.33 Å². The molecule has 0 aromatic carbocycles. The molecule has 1 aromatic heterocycles. The van der Waals surface area contributed by atoms with Gasteiger partial charge in [0.05, 0.1) is 4.47 Å². The number of alkyl halides is 1. The summed E-state index contributed by atoms with van der Waals surface area (Å²) in [6.07, 6.45) is 1.25. The summed E-state index contributed by atoms with van der Waals surface area (Å²) in [7, 11) is 0. The van der Waals surface area contributed by atoms with Crippen LogP contribution < -0.4 is 0 Å². The van der Waals surface area contributed by atoms with Crippen LogP contribution in [0.5, 0.6) is 0 Å². The minimum atomic E-state index is 0.631. The van der Waals surface area contributed by atoms with E-state index in [0.29, 0.717) is 5.92 Å². The predicted octanol–water partition coefficient (Wildman–Crippen LogP) is 4.30. The fourth-order valence-electron chi connectivity index (χ4n) is 1.31. The van der Waals surface area contributed by atoms with Gasteiger partial charge in [0, 0.05) is 11.2 Å². The Labute approximate surface area is 96.3 Å². The summed E-state index contributed by atoms with van der Waals surface area (Å²) in [4.78, 5) is 0. The highest BCUT2D eigenvalue weighted by atomic mass is 79.9. The molecule has 0 saturated heterocycles. The van der Waals surface area contributed by atoms with Crippen molar-refractivity contribution >= 4 is 47.8 Å². The van der Waals surface area contributed by atoms with E-state index in [4.69, 9.17) is 4.42 Å². The average Bonchev–Trinajstić information content (AvgIpc) is 2.75. The van der Waals surface area contributed by atoms with Crippen LogP contribution in [0, 0.1) is 5.92 Å². The summed E-state index contributed by atoms with van der Waals surface area (Å²) < 4.78 is 7.33. The van der Waals surface area contributed by atoms with Crippen molar-refractivity contribution < 1.29 is 4.42 Å². The SMILES string of the molecule is BrCC1CC1c1cc(Br)c(Br)o1. The Morgan fingerprint density at radius 2 is 2.25 bits per heavy atom. The first kappa shape index (κ1) is 9.28. The topological polar surface area (TPSA) is 13.1 Å². The molecule has 66 valence electrons. The Morgan fingerprint density at radius 1 is 1.50 bits per heavy atom. The highest BCUT2D eigenvalue weighted by Crippen LogP contribution is 2.50. The molecule has 2 rings (SSSR count). The summed E-state index contributed by atoms with van der Waals surface area (Å²) in [5.41, 5.74) is 0. The van der Waals surface area contributed by atoms with E-state index in [2.05, 4.69) is 53.9 Å². The van der Waals surface area contributed by atoms with Gasteiger partial charge in [-0.15, -0.1) is 0 Å². The molecule has 0 N–H and O–H groups in total. The minimum Gasteiger partial charge on any atom is -0.453 e. The fraction of sp³-hybridized carbons (Fsp3) is 0.500. The summed E-state index contributed by atoms with van der Waals surface area (Å²) >= 11 is 10.2. The highest BCUT2D eigenvalue weighted by Gasteiger charge is 2.40. The maximum Gasteiger partial charge on any atom is 0.183 e. The molecule has 0 bridgehead atoms. The van der Waals surface area contributed by atoms with Crippen molar-refractivity contribution in [3.05, 3.63) is 21.0 Å². The lowest BCUT2D eigenvalue weighted by molar-refractivity contribution is 0.484. The number of hydrogen-bond acceptors (Lipinski definition) is 1. The molecule has 0 amide bonds. The normalized spacial score (nSPS) is 27.6. The minimum absolute atomic E-state index is 0.631. The monoisotopic (exact) mass is 356 g/mol. The van der Waals surface area contributed by atoms with Crippen LogP contribution in [-0.2, 0) is 0 Å². The Morgan fingerprint density at radius 3 is 2.67 bits per heavy atom. The standard InChI is InChI=1S/C8H7Br3O/c9-3-4-1-5(4)7-2-6(10)8(11)12-7/h2,4-5H,1,3H2. The molecule has 12 heavy (non-hydrogen) atoms. The van der Waals surface area contributed by atoms with Gasteiger partial charge in [0.1, 0.15) is 5.76 Å². The first-order chi connectivity index (χ1) is 5.72. The van der Waals surface area contributed by atoms with Crippen LogP contribution in [0.3, 0.4) is 0 Å². The van der Waals surface area contributed by atoms with Crippen LogP contribution in [0.4, 0.5) is 0 Å². The van der Waals surface area contributed by atoms with Crippen molar-refractivity contribution in [1.82, 2.24) is 0 Å². The van der Waals surface area contributed by atoms with Gasteiger partial charge in [-0.3, -0.25) is 0 Å². The van der Waals surface area contributed by atoms with Crippen molar-refractivity contribution in [3.63, 3.8) is 0 Å². The first-order valence-electron chi connectivity index (χ1n) is 3.73. The van der Waals surface area contributed by atoms with Crippen LogP contribution in [-0.4, -0.2) is 5.33 Å². The maximum absolute atomic E-state index is 5.52. The van der Waals surface area contributed by atoms with Gasteiger partial charge in [-0.2, -0.15) is 0 Å². The number of furan rings is 1. The second-order valence-corrected chi connectivity index (χ2v) is 5.25. The van der Waals surface area contributed by atoms with Crippen LogP contribution >= 0.6 is 47.8 Å². The molecule has 1 saturated carbocycles. The molecule has 0 aliphatic heterocycles. The predicted molar refractivity (Wildman–Crippen MR) is 58.8 cm³/mol. The molecule has 0 radical (unpaired) electrons. The first-order valence-corrected chi connectivity index (χ1v) is 6.44. The van der Waals surface area contributed by atoms with E-state index in [1.165, 1.54) is 6.42 Å². The molecular formula is C8H7Br3O. The quantitative estimate of drug-likeness (QED) is 0.718. The van der Waals surface area contributed by atoms with E-state index < -0.39 is 0 Å². The lowest BCUT2D eigenvalue weighted by Crippen LogP contribution is -1.79. The Bertz CT molecular complexity index is 275. The summed E-state index contributed by atoms with van der Waals surface area (Å²) in [6.45, 7) is 0. The zero-order valence-electron chi connectivity index (χ0n) is 6.19. The van der Waals surface area contributed by atoms with Gasteiger partial charge in [0.2, 0.25) is 0 Å². The largest absolute Gasteiger partial charge is 0.453 e. The van der Waals surface area contributed by atoms with E-state index >= 15 is 0 Å². The Hall–Kier alpha value is 0.720. The zero-order valence-corrected chi connectivity index (χ0v) is 10.9. The van der Waals surface area contributed by atoms with Crippen molar-refractivity contribution in [1.29, 1.82) is 0 Å². The molecule has 1 aliphatic rings. The van der Waals surface area contributed by atoms with Crippen molar-refractivity contribution in [2.24, 2.45) is 5.92 Å². The third-order valence-electron chi connectivity index (χ3n) is 2.15. The van der Waals surface area contributed by atoms with Gasteiger partial charge in [0.25, 0.3) is 0 Å². The number of halogens is 3. The Kier molecular flexibility index (Phi) is 2.68. The van der Waals surface area contributed by atoms with Gasteiger partial charge in [-0.05, 0) is 50.3 Å². The smallest absolute Gasteiger partial charge is 0.183 e. The van der Waals surface area contributed by atoms with E-state index in [9.17, 15) is 0 Å². The molecule has 2 unspecified atom stereocenters. The van der Waals surface area contributed by atoms with E-state index in [1.54, 1.807) is 0 Å². The Balaban J connectivity index is 2.15. The average molecular weight is 359 g/mol. The molecule has 4 heteroatoms.